The van der Waals surface area contributed by atoms with Crippen molar-refractivity contribution in [2.75, 3.05) is 0 Å². The molecule has 0 spiro atoms. The lowest BCUT2D eigenvalue weighted by molar-refractivity contribution is 0.0800. The molecule has 1 N–H and O–H groups in total. The van der Waals surface area contributed by atoms with Crippen LogP contribution in [0.1, 0.15) is 74.1 Å². The highest BCUT2D eigenvalue weighted by atomic mass is 15.0. The zero-order chi connectivity index (χ0) is 13.3. The molecule has 1 aliphatic rings. The Morgan fingerprint density at radius 1 is 1.00 bits per heavy atom. The SMILES string of the molecule is CC(C)CC(C)NC1CC(C)(C)CC(C)(C)C1. The molecule has 0 aliphatic heterocycles. The molecular formula is C16H33N. The first kappa shape index (κ1) is 15.0. The molecule has 1 aliphatic carbocycles. The molecule has 0 aromatic carbocycles. The zero-order valence-corrected chi connectivity index (χ0v) is 13.1. The number of hydrogen-bond acceptors (Lipinski definition) is 1. The summed E-state index contributed by atoms with van der Waals surface area (Å²) in [5.74, 6) is 0.794. The van der Waals surface area contributed by atoms with Gasteiger partial charge in [0.1, 0.15) is 0 Å². The fourth-order valence-electron chi connectivity index (χ4n) is 4.14. The quantitative estimate of drug-likeness (QED) is 0.755. The van der Waals surface area contributed by atoms with Gasteiger partial charge in [0.15, 0.2) is 0 Å². The molecule has 0 heterocycles. The predicted molar refractivity (Wildman–Crippen MR) is 77.3 cm³/mol. The van der Waals surface area contributed by atoms with Gasteiger partial charge in [-0.3, -0.25) is 0 Å². The molecule has 0 amide bonds. The first-order valence-electron chi connectivity index (χ1n) is 7.36. The average Bonchev–Trinajstić information content (AvgIpc) is 1.93. The molecule has 1 unspecified atom stereocenters. The molecule has 1 atom stereocenters. The van der Waals surface area contributed by atoms with Crippen LogP contribution in [0, 0.1) is 16.7 Å². The third-order valence-electron chi connectivity index (χ3n) is 3.90. The Hall–Kier alpha value is -0.0400. The highest BCUT2D eigenvalue weighted by Crippen LogP contribution is 2.45. The standard InChI is InChI=1S/C16H33N/c1-12(2)8-13(3)17-14-9-15(4,5)11-16(6,7)10-14/h12-14,17H,8-11H2,1-7H3. The second-order valence-electron chi connectivity index (χ2n) is 8.31. The molecule has 1 fully saturated rings. The minimum atomic E-state index is 0.497. The Bertz CT molecular complexity index is 224. The van der Waals surface area contributed by atoms with E-state index >= 15 is 0 Å². The van der Waals surface area contributed by atoms with Crippen LogP contribution in [0.2, 0.25) is 0 Å². The van der Waals surface area contributed by atoms with Gasteiger partial charge in [-0.25, -0.2) is 0 Å². The zero-order valence-electron chi connectivity index (χ0n) is 13.1. The van der Waals surface area contributed by atoms with E-state index in [9.17, 15) is 0 Å². The molecular weight excluding hydrogens is 206 g/mol. The van der Waals surface area contributed by atoms with Crippen molar-refractivity contribution in [2.45, 2.75) is 86.2 Å². The fourth-order valence-corrected chi connectivity index (χ4v) is 4.14. The third-order valence-corrected chi connectivity index (χ3v) is 3.90. The summed E-state index contributed by atoms with van der Waals surface area (Å²) in [6, 6.07) is 1.37. The van der Waals surface area contributed by atoms with Crippen molar-refractivity contribution in [3.05, 3.63) is 0 Å². The highest BCUT2D eigenvalue weighted by molar-refractivity contribution is 4.92. The van der Waals surface area contributed by atoms with E-state index in [4.69, 9.17) is 0 Å². The van der Waals surface area contributed by atoms with Crippen LogP contribution >= 0.6 is 0 Å². The lowest BCUT2D eigenvalue weighted by atomic mass is 9.63. The summed E-state index contributed by atoms with van der Waals surface area (Å²) in [6.07, 6.45) is 5.31. The van der Waals surface area contributed by atoms with Gasteiger partial charge in [-0.15, -0.1) is 0 Å². The van der Waals surface area contributed by atoms with Crippen LogP contribution in [0.25, 0.3) is 0 Å². The van der Waals surface area contributed by atoms with Gasteiger partial charge in [0.05, 0.1) is 0 Å². The highest BCUT2D eigenvalue weighted by Gasteiger charge is 2.38. The molecule has 0 aromatic rings. The number of rotatable bonds is 4. The average molecular weight is 239 g/mol. The molecule has 1 saturated carbocycles. The van der Waals surface area contributed by atoms with Crippen molar-refractivity contribution in [1.82, 2.24) is 5.32 Å². The summed E-state index contributed by atoms with van der Waals surface area (Å²) < 4.78 is 0. The van der Waals surface area contributed by atoms with E-state index in [0.29, 0.717) is 22.9 Å². The van der Waals surface area contributed by atoms with Crippen molar-refractivity contribution in [1.29, 1.82) is 0 Å². The van der Waals surface area contributed by atoms with Gasteiger partial charge < -0.3 is 5.32 Å². The summed E-state index contributed by atoms with van der Waals surface area (Å²) in [5.41, 5.74) is 0.994. The molecule has 0 saturated heterocycles. The van der Waals surface area contributed by atoms with E-state index in [1.807, 2.05) is 0 Å². The lowest BCUT2D eigenvalue weighted by Crippen LogP contribution is -2.47. The minimum Gasteiger partial charge on any atom is -0.311 e. The van der Waals surface area contributed by atoms with Crippen molar-refractivity contribution < 1.29 is 0 Å². The van der Waals surface area contributed by atoms with Crippen molar-refractivity contribution in [2.24, 2.45) is 16.7 Å². The molecule has 17 heavy (non-hydrogen) atoms. The second-order valence-corrected chi connectivity index (χ2v) is 8.31. The number of nitrogens with one attached hydrogen (secondary N) is 1. The van der Waals surface area contributed by atoms with E-state index in [1.165, 1.54) is 25.7 Å². The Morgan fingerprint density at radius 3 is 1.88 bits per heavy atom. The van der Waals surface area contributed by atoms with Gasteiger partial charge in [0, 0.05) is 12.1 Å². The lowest BCUT2D eigenvalue weighted by Gasteiger charge is -2.46. The summed E-state index contributed by atoms with van der Waals surface area (Å²) in [6.45, 7) is 16.7. The first-order valence-corrected chi connectivity index (χ1v) is 7.36. The van der Waals surface area contributed by atoms with Gasteiger partial charge >= 0.3 is 0 Å². The Balaban J connectivity index is 2.53. The van der Waals surface area contributed by atoms with Crippen LogP contribution < -0.4 is 5.32 Å². The molecule has 1 heteroatoms. The van der Waals surface area contributed by atoms with Gasteiger partial charge in [0.25, 0.3) is 0 Å². The molecule has 0 aromatic heterocycles. The topological polar surface area (TPSA) is 12.0 Å². The monoisotopic (exact) mass is 239 g/mol. The van der Waals surface area contributed by atoms with Crippen molar-refractivity contribution >= 4 is 0 Å². The largest absolute Gasteiger partial charge is 0.311 e. The van der Waals surface area contributed by atoms with Crippen LogP contribution in [0.3, 0.4) is 0 Å². The Labute approximate surface area is 109 Å². The van der Waals surface area contributed by atoms with Crippen molar-refractivity contribution in [3.63, 3.8) is 0 Å². The van der Waals surface area contributed by atoms with Crippen LogP contribution in [-0.2, 0) is 0 Å². The van der Waals surface area contributed by atoms with Crippen LogP contribution in [0.5, 0.6) is 0 Å². The van der Waals surface area contributed by atoms with Gasteiger partial charge in [-0.05, 0) is 49.4 Å². The maximum Gasteiger partial charge on any atom is 0.00797 e. The van der Waals surface area contributed by atoms with Gasteiger partial charge in [0.2, 0.25) is 0 Å². The molecule has 1 rings (SSSR count). The van der Waals surface area contributed by atoms with Crippen LogP contribution in [-0.4, -0.2) is 12.1 Å². The fraction of sp³-hybridized carbons (Fsp3) is 1.00. The van der Waals surface area contributed by atoms with E-state index in [1.54, 1.807) is 0 Å². The Kier molecular flexibility index (Phi) is 4.68. The molecule has 102 valence electrons. The summed E-state index contributed by atoms with van der Waals surface area (Å²) in [4.78, 5) is 0. The van der Waals surface area contributed by atoms with Crippen LogP contribution in [0.4, 0.5) is 0 Å². The summed E-state index contributed by atoms with van der Waals surface area (Å²) >= 11 is 0. The second kappa shape index (κ2) is 5.30. The van der Waals surface area contributed by atoms with Gasteiger partial charge in [-0.2, -0.15) is 0 Å². The Morgan fingerprint density at radius 2 is 1.47 bits per heavy atom. The molecule has 0 bridgehead atoms. The maximum atomic E-state index is 3.86. The van der Waals surface area contributed by atoms with E-state index in [0.717, 1.165) is 5.92 Å². The predicted octanol–water partition coefficient (Wildman–Crippen LogP) is 4.62. The van der Waals surface area contributed by atoms with Crippen molar-refractivity contribution in [3.8, 4) is 0 Å². The molecule has 0 radical (unpaired) electrons. The van der Waals surface area contributed by atoms with E-state index < -0.39 is 0 Å². The smallest absolute Gasteiger partial charge is 0.00797 e. The van der Waals surface area contributed by atoms with E-state index in [-0.39, 0.29) is 0 Å². The normalized spacial score (nSPS) is 26.1. The minimum absolute atomic E-state index is 0.497. The number of hydrogen-bond donors (Lipinski definition) is 1. The van der Waals surface area contributed by atoms with Gasteiger partial charge in [-0.1, -0.05) is 41.5 Å². The maximum absolute atomic E-state index is 3.86. The third kappa shape index (κ3) is 5.42. The summed E-state index contributed by atoms with van der Waals surface area (Å²) in [5, 5.41) is 3.86. The van der Waals surface area contributed by atoms with Crippen LogP contribution in [0.15, 0.2) is 0 Å². The molecule has 1 nitrogen and oxygen atoms in total. The summed E-state index contributed by atoms with van der Waals surface area (Å²) in [7, 11) is 0. The van der Waals surface area contributed by atoms with E-state index in [2.05, 4.69) is 53.8 Å². The first-order chi connectivity index (χ1) is 7.60.